The number of allylic oxidation sites excluding steroid dienone is 1. The molecule has 7 nitrogen and oxygen atoms in total. The first-order valence-electron chi connectivity index (χ1n) is 11.9. The summed E-state index contributed by atoms with van der Waals surface area (Å²) in [6.07, 6.45) is -3.53. The van der Waals surface area contributed by atoms with Crippen LogP contribution in [0.5, 0.6) is 0 Å². The third-order valence-electron chi connectivity index (χ3n) is 6.55. The van der Waals surface area contributed by atoms with Crippen LogP contribution in [0.4, 0.5) is 13.2 Å². The van der Waals surface area contributed by atoms with E-state index in [0.29, 0.717) is 23.6 Å². The lowest BCUT2D eigenvalue weighted by Gasteiger charge is -2.10. The van der Waals surface area contributed by atoms with Gasteiger partial charge < -0.3 is 9.13 Å². The number of fused-ring (bicyclic) bond motifs is 1. The summed E-state index contributed by atoms with van der Waals surface area (Å²) in [5.41, 5.74) is 5.62. The smallest absolute Gasteiger partial charge is 0.333 e. The number of aryl methyl sites for hydroxylation is 3. The van der Waals surface area contributed by atoms with Crippen LogP contribution in [0.25, 0.3) is 39.5 Å². The first-order chi connectivity index (χ1) is 18.0. The average molecular weight is 518 g/mol. The average Bonchev–Trinajstić information content (AvgIpc) is 3.38. The number of hydrogen-bond acceptors (Lipinski definition) is 4. The molecule has 0 aliphatic rings. The number of nitrogens with zero attached hydrogens (tertiary/aromatic N) is 6. The van der Waals surface area contributed by atoms with Crippen molar-refractivity contribution in [1.82, 2.24) is 28.7 Å². The normalized spacial score (nSPS) is 11.9. The van der Waals surface area contributed by atoms with Crippen molar-refractivity contribution >= 4 is 16.7 Å². The summed E-state index contributed by atoms with van der Waals surface area (Å²) in [6, 6.07) is 14.9. The van der Waals surface area contributed by atoms with Crippen LogP contribution in [0.2, 0.25) is 0 Å². The molecule has 0 atom stereocenters. The zero-order chi connectivity index (χ0) is 27.4. The summed E-state index contributed by atoms with van der Waals surface area (Å²) in [7, 11) is 3.34. The molecule has 10 heteroatoms. The minimum absolute atomic E-state index is 0.229. The van der Waals surface area contributed by atoms with E-state index in [2.05, 4.69) is 11.6 Å². The van der Waals surface area contributed by atoms with Gasteiger partial charge in [-0.05, 0) is 25.0 Å². The molecule has 0 amide bonds. The maximum absolute atomic E-state index is 13.1. The van der Waals surface area contributed by atoms with Crippen molar-refractivity contribution in [2.24, 2.45) is 14.1 Å². The van der Waals surface area contributed by atoms with Crippen LogP contribution < -0.4 is 5.62 Å². The molecule has 1 N–H and O–H groups in total. The molecule has 0 aliphatic carbocycles. The van der Waals surface area contributed by atoms with Gasteiger partial charge in [0.2, 0.25) is 5.62 Å². The molecular formula is C28H26F3N7. The molecule has 2 aromatic carbocycles. The molecular weight excluding hydrogens is 491 g/mol. The highest BCUT2D eigenvalue weighted by Gasteiger charge is 2.34. The highest BCUT2D eigenvalue weighted by Crippen LogP contribution is 2.31. The Morgan fingerprint density at radius 1 is 1.00 bits per heavy atom. The number of imidazole rings is 2. The number of hydrogen-bond donors (Lipinski definition) is 1. The Kier molecular flexibility index (Phi) is 6.05. The van der Waals surface area contributed by atoms with Crippen molar-refractivity contribution in [3.8, 4) is 22.8 Å². The minimum Gasteiger partial charge on any atom is -0.333 e. The number of alkyl halides is 3. The van der Waals surface area contributed by atoms with E-state index in [9.17, 15) is 13.2 Å². The van der Waals surface area contributed by atoms with Gasteiger partial charge in [-0.15, -0.1) is 0 Å². The van der Waals surface area contributed by atoms with E-state index in [1.165, 1.54) is 11.6 Å². The molecule has 0 aliphatic heterocycles. The lowest BCUT2D eigenvalue weighted by Crippen LogP contribution is -2.23. The van der Waals surface area contributed by atoms with Gasteiger partial charge in [-0.1, -0.05) is 60.7 Å². The van der Waals surface area contributed by atoms with Gasteiger partial charge in [-0.2, -0.15) is 13.2 Å². The Hall–Kier alpha value is -4.47. The largest absolute Gasteiger partial charge is 0.434 e. The third kappa shape index (κ3) is 4.31. The van der Waals surface area contributed by atoms with Crippen LogP contribution in [0.1, 0.15) is 29.4 Å². The van der Waals surface area contributed by atoms with E-state index >= 15 is 0 Å². The fraction of sp³-hybridized carbons (Fsp3) is 0.214. The van der Waals surface area contributed by atoms with E-state index in [-0.39, 0.29) is 11.4 Å². The Bertz CT molecular complexity index is 1750. The summed E-state index contributed by atoms with van der Waals surface area (Å²) in [5.74, 6) is 0.783. The number of rotatable bonds is 5. The monoisotopic (exact) mass is 517 g/mol. The summed E-state index contributed by atoms with van der Waals surface area (Å²) in [4.78, 5) is 13.4. The molecule has 38 heavy (non-hydrogen) atoms. The zero-order valence-corrected chi connectivity index (χ0v) is 21.4. The standard InChI is InChI=1S/C28H26F3N7/c1-16(2)20-8-6-7-9-21(20)24-33-17(3)23-26(35-24)38(27(32)37(23)5)14-18-10-12-19(13-11-18)25-34-22(15-36(25)4)28(29,30)31/h6-13,15,32H,1,14H2,2-5H3. The Morgan fingerprint density at radius 3 is 2.32 bits per heavy atom. The molecule has 194 valence electrons. The van der Waals surface area contributed by atoms with E-state index in [0.717, 1.165) is 39.7 Å². The second kappa shape index (κ2) is 9.13. The number of benzene rings is 2. The fourth-order valence-electron chi connectivity index (χ4n) is 4.65. The first kappa shape index (κ1) is 25.2. The molecule has 0 saturated carbocycles. The number of aromatic nitrogens is 6. The second-order valence-electron chi connectivity index (χ2n) is 9.35. The second-order valence-corrected chi connectivity index (χ2v) is 9.35. The maximum atomic E-state index is 13.1. The molecule has 0 radical (unpaired) electrons. The molecule has 5 aromatic rings. The van der Waals surface area contributed by atoms with Gasteiger partial charge in [0, 0.05) is 31.4 Å². The third-order valence-corrected chi connectivity index (χ3v) is 6.55. The van der Waals surface area contributed by atoms with Crippen molar-refractivity contribution in [3.63, 3.8) is 0 Å². The molecule has 0 saturated heterocycles. The van der Waals surface area contributed by atoms with Gasteiger partial charge in [0.1, 0.15) is 11.3 Å². The quantitative estimate of drug-likeness (QED) is 0.324. The van der Waals surface area contributed by atoms with Gasteiger partial charge >= 0.3 is 6.18 Å². The van der Waals surface area contributed by atoms with E-state index in [4.69, 9.17) is 15.4 Å². The maximum Gasteiger partial charge on any atom is 0.434 e. The fourth-order valence-corrected chi connectivity index (χ4v) is 4.65. The summed E-state index contributed by atoms with van der Waals surface area (Å²) in [5, 5.41) is 8.75. The number of halogens is 3. The molecule has 0 spiro atoms. The Balaban J connectivity index is 1.55. The van der Waals surface area contributed by atoms with Crippen LogP contribution >= 0.6 is 0 Å². The van der Waals surface area contributed by atoms with Crippen molar-refractivity contribution < 1.29 is 13.2 Å². The molecule has 0 fully saturated rings. The molecule has 5 rings (SSSR count). The summed E-state index contributed by atoms with van der Waals surface area (Å²) in [6.45, 7) is 8.27. The molecule has 0 unspecified atom stereocenters. The van der Waals surface area contributed by atoms with Crippen molar-refractivity contribution in [3.05, 3.63) is 89.4 Å². The van der Waals surface area contributed by atoms with Crippen molar-refractivity contribution in [2.45, 2.75) is 26.6 Å². The van der Waals surface area contributed by atoms with E-state index < -0.39 is 11.9 Å². The highest BCUT2D eigenvalue weighted by molar-refractivity contribution is 5.81. The summed E-state index contributed by atoms with van der Waals surface area (Å²) >= 11 is 0. The van der Waals surface area contributed by atoms with Crippen molar-refractivity contribution in [2.75, 3.05) is 0 Å². The Labute approximate surface area is 217 Å². The predicted octanol–water partition coefficient (Wildman–Crippen LogP) is 5.73. The minimum atomic E-state index is -4.50. The topological polar surface area (TPSA) is 77.3 Å². The van der Waals surface area contributed by atoms with Gasteiger partial charge in [0.25, 0.3) is 0 Å². The highest BCUT2D eigenvalue weighted by atomic mass is 19.4. The SMILES string of the molecule is C=C(C)c1ccccc1-c1nc(C)c2c(n1)n(Cc1ccc(-c3nc(C(F)(F)F)cn3C)cc1)c(=N)n2C. The van der Waals surface area contributed by atoms with Crippen molar-refractivity contribution in [1.29, 1.82) is 5.41 Å². The first-order valence-corrected chi connectivity index (χ1v) is 11.9. The molecule has 3 heterocycles. The van der Waals surface area contributed by atoms with Crippen LogP contribution in [0.15, 0.2) is 61.3 Å². The van der Waals surface area contributed by atoms with Gasteiger partial charge in [-0.3, -0.25) is 9.98 Å². The van der Waals surface area contributed by atoms with Gasteiger partial charge in [0.15, 0.2) is 17.2 Å². The predicted molar refractivity (Wildman–Crippen MR) is 140 cm³/mol. The molecule has 0 bridgehead atoms. The van der Waals surface area contributed by atoms with Gasteiger partial charge in [-0.25, -0.2) is 15.0 Å². The zero-order valence-electron chi connectivity index (χ0n) is 21.4. The number of nitrogens with one attached hydrogen (secondary N) is 1. The Morgan fingerprint density at radius 2 is 1.68 bits per heavy atom. The van der Waals surface area contributed by atoms with Gasteiger partial charge in [0.05, 0.1) is 12.2 Å². The van der Waals surface area contributed by atoms with Crippen LogP contribution in [0.3, 0.4) is 0 Å². The summed E-state index contributed by atoms with van der Waals surface area (Å²) < 4.78 is 44.2. The molecule has 3 aromatic heterocycles. The van der Waals surface area contributed by atoms with Crippen LogP contribution in [-0.4, -0.2) is 28.7 Å². The van der Waals surface area contributed by atoms with Crippen LogP contribution in [0, 0.1) is 12.3 Å². The van der Waals surface area contributed by atoms with E-state index in [1.54, 1.807) is 28.3 Å². The lowest BCUT2D eigenvalue weighted by molar-refractivity contribution is -0.140. The van der Waals surface area contributed by atoms with E-state index in [1.807, 2.05) is 50.2 Å². The lowest BCUT2D eigenvalue weighted by atomic mass is 10.0. The van der Waals surface area contributed by atoms with Crippen LogP contribution in [-0.2, 0) is 26.8 Å².